The third-order valence-corrected chi connectivity index (χ3v) is 9.55. The zero-order valence-corrected chi connectivity index (χ0v) is 32.1. The van der Waals surface area contributed by atoms with Crippen LogP contribution in [0.2, 0.25) is 0 Å². The minimum absolute atomic E-state index is 0.0674. The maximum absolute atomic E-state index is 14.1. The van der Waals surface area contributed by atoms with E-state index in [-0.39, 0.29) is 23.7 Å². The van der Waals surface area contributed by atoms with Crippen LogP contribution >= 0.6 is 0 Å². The first-order valence-electron chi connectivity index (χ1n) is 18.8. The summed E-state index contributed by atoms with van der Waals surface area (Å²) in [6.07, 6.45) is 4.71. The average molecular weight is 714 g/mol. The van der Waals surface area contributed by atoms with Gasteiger partial charge in [-0.05, 0) is 91.3 Å². The smallest absolute Gasteiger partial charge is 0.307 e. The molecule has 0 unspecified atom stereocenters. The highest BCUT2D eigenvalue weighted by atomic mass is 16.6. The van der Waals surface area contributed by atoms with Crippen LogP contribution < -0.4 is 10.6 Å². The molecule has 0 fully saturated rings. The van der Waals surface area contributed by atoms with Crippen molar-refractivity contribution >= 4 is 28.7 Å². The summed E-state index contributed by atoms with van der Waals surface area (Å²) in [6.45, 7) is 12.5. The second-order valence-electron chi connectivity index (χ2n) is 16.1. The number of aromatic amines is 1. The quantitative estimate of drug-likeness (QED) is 0.0944. The summed E-state index contributed by atoms with van der Waals surface area (Å²) < 4.78 is 5.64. The Morgan fingerprint density at radius 1 is 0.717 bits per heavy atom. The number of amides is 2. The summed E-state index contributed by atoms with van der Waals surface area (Å²) in [7, 11) is 0. The number of carbonyl (C=O) groups excluding carboxylic acids is 3. The highest BCUT2D eigenvalue weighted by Crippen LogP contribution is 2.27. The Balaban J connectivity index is 1.27. The predicted molar refractivity (Wildman–Crippen MR) is 215 cm³/mol. The van der Waals surface area contributed by atoms with Gasteiger partial charge in [0.15, 0.2) is 0 Å². The predicted octanol–water partition coefficient (Wildman–Crippen LogP) is 8.89. The molecule has 5 aromatic rings. The van der Waals surface area contributed by atoms with Gasteiger partial charge in [-0.25, -0.2) is 0 Å². The first kappa shape index (κ1) is 39.0. The summed E-state index contributed by atoms with van der Waals surface area (Å²) in [6, 6.07) is 34.3. The van der Waals surface area contributed by atoms with E-state index in [2.05, 4.69) is 84.9 Å². The molecule has 0 aliphatic heterocycles. The molecule has 2 atom stereocenters. The van der Waals surface area contributed by atoms with Crippen LogP contribution in [0.5, 0.6) is 0 Å². The van der Waals surface area contributed by atoms with Gasteiger partial charge in [-0.3, -0.25) is 14.4 Å². The summed E-state index contributed by atoms with van der Waals surface area (Å²) in [5.41, 5.74) is 7.23. The van der Waals surface area contributed by atoms with Crippen LogP contribution in [0.3, 0.4) is 0 Å². The van der Waals surface area contributed by atoms with Gasteiger partial charge in [0, 0.05) is 36.0 Å². The molecule has 0 aliphatic carbocycles. The third kappa shape index (κ3) is 11.7. The zero-order valence-electron chi connectivity index (χ0n) is 32.1. The minimum Gasteiger partial charge on any atom is -0.460 e. The van der Waals surface area contributed by atoms with Gasteiger partial charge in [-0.15, -0.1) is 0 Å². The number of ether oxygens (including phenoxy) is 1. The fraction of sp³-hybridized carbons (Fsp3) is 0.370. The van der Waals surface area contributed by atoms with Crippen LogP contribution in [0.4, 0.5) is 0 Å². The molecule has 0 saturated heterocycles. The summed E-state index contributed by atoms with van der Waals surface area (Å²) >= 11 is 0. The molecule has 2 amide bonds. The van der Waals surface area contributed by atoms with E-state index >= 15 is 0 Å². The number of para-hydroxylation sites is 1. The largest absolute Gasteiger partial charge is 0.460 e. The summed E-state index contributed by atoms with van der Waals surface area (Å²) in [5, 5.41) is 7.10. The van der Waals surface area contributed by atoms with Gasteiger partial charge >= 0.3 is 5.97 Å². The first-order chi connectivity index (χ1) is 25.2. The molecule has 53 heavy (non-hydrogen) atoms. The van der Waals surface area contributed by atoms with Gasteiger partial charge in [-0.1, -0.05) is 118 Å². The van der Waals surface area contributed by atoms with E-state index in [4.69, 9.17) is 4.74 Å². The molecule has 278 valence electrons. The van der Waals surface area contributed by atoms with Gasteiger partial charge in [0.05, 0.1) is 6.42 Å². The van der Waals surface area contributed by atoms with Gasteiger partial charge < -0.3 is 20.4 Å². The summed E-state index contributed by atoms with van der Waals surface area (Å²) in [4.78, 5) is 44.1. The number of hydrogen-bond acceptors (Lipinski definition) is 4. The van der Waals surface area contributed by atoms with E-state index in [0.717, 1.165) is 39.6 Å². The van der Waals surface area contributed by atoms with Crippen molar-refractivity contribution in [3.63, 3.8) is 0 Å². The lowest BCUT2D eigenvalue weighted by Gasteiger charge is -2.24. The highest BCUT2D eigenvalue weighted by Gasteiger charge is 2.29. The van der Waals surface area contributed by atoms with Crippen molar-refractivity contribution in [3.8, 4) is 11.1 Å². The lowest BCUT2D eigenvalue weighted by molar-refractivity contribution is -0.157. The minimum atomic E-state index is -0.830. The van der Waals surface area contributed by atoms with Crippen LogP contribution in [-0.2, 0) is 43.8 Å². The number of nitrogens with one attached hydrogen (secondary N) is 3. The molecule has 4 aromatic carbocycles. The molecule has 5 rings (SSSR count). The fourth-order valence-corrected chi connectivity index (χ4v) is 6.61. The van der Waals surface area contributed by atoms with E-state index < -0.39 is 23.5 Å². The number of fused-ring (bicyclic) bond motifs is 1. The van der Waals surface area contributed by atoms with Crippen LogP contribution in [0, 0.1) is 5.92 Å². The van der Waals surface area contributed by atoms with Gasteiger partial charge in [0.2, 0.25) is 11.8 Å². The number of aromatic nitrogens is 1. The van der Waals surface area contributed by atoms with Crippen molar-refractivity contribution in [1.29, 1.82) is 0 Å². The molecule has 7 heteroatoms. The standard InChI is InChI=1S/C46H55N3O4/c1-45(2,3)38-25-23-35(24-26-38)34-21-19-33(20-22-34)15-12-16-36(30-42(50)53-46(4,5)6)43(51)49-41(29-37-31-48-40-18-11-10-17-39(37)40)44(52)47-28-27-32-13-8-7-9-14-32/h7-11,13-14,17-26,31,36,41,48H,12,15-16,27-30H2,1-6H3,(H,47,52)(H,49,51)/t36-,41+/m1/s1. The maximum atomic E-state index is 14.1. The van der Waals surface area contributed by atoms with Crippen molar-refractivity contribution in [1.82, 2.24) is 15.6 Å². The molecule has 0 saturated carbocycles. The highest BCUT2D eigenvalue weighted by molar-refractivity contribution is 5.91. The Hall–Kier alpha value is -5.17. The summed E-state index contributed by atoms with van der Waals surface area (Å²) in [5.74, 6) is -1.68. The van der Waals surface area contributed by atoms with Crippen molar-refractivity contribution in [2.75, 3.05) is 6.54 Å². The van der Waals surface area contributed by atoms with Crippen LogP contribution in [0.25, 0.3) is 22.0 Å². The van der Waals surface area contributed by atoms with E-state index in [1.807, 2.05) is 81.6 Å². The van der Waals surface area contributed by atoms with E-state index in [0.29, 0.717) is 32.2 Å². The molecule has 7 nitrogen and oxygen atoms in total. The van der Waals surface area contributed by atoms with E-state index in [1.54, 1.807) is 0 Å². The Morgan fingerprint density at radius 2 is 1.34 bits per heavy atom. The molecular formula is C46H55N3O4. The van der Waals surface area contributed by atoms with Crippen LogP contribution in [-0.4, -0.2) is 41.0 Å². The van der Waals surface area contributed by atoms with Crippen LogP contribution in [0.15, 0.2) is 109 Å². The van der Waals surface area contributed by atoms with Gasteiger partial charge in [0.1, 0.15) is 11.6 Å². The monoisotopic (exact) mass is 713 g/mol. The van der Waals surface area contributed by atoms with E-state index in [1.165, 1.54) is 11.1 Å². The molecule has 0 spiro atoms. The van der Waals surface area contributed by atoms with E-state index in [9.17, 15) is 14.4 Å². The number of carbonyl (C=O) groups is 3. The third-order valence-electron chi connectivity index (χ3n) is 9.55. The van der Waals surface area contributed by atoms with Gasteiger partial charge in [0.25, 0.3) is 0 Å². The van der Waals surface area contributed by atoms with Crippen molar-refractivity contribution in [2.45, 2.75) is 97.1 Å². The zero-order chi connectivity index (χ0) is 38.0. The SMILES string of the molecule is CC(C)(C)OC(=O)C[C@@H](CCCc1ccc(-c2ccc(C(C)(C)C)cc2)cc1)C(=O)N[C@@H](Cc1c[nH]c2ccccc12)C(=O)NCCc1ccccc1. The number of rotatable bonds is 15. The number of H-pyrrole nitrogens is 1. The van der Waals surface area contributed by atoms with Crippen LogP contribution in [0.1, 0.15) is 83.1 Å². The number of esters is 1. The molecule has 0 aliphatic rings. The second-order valence-corrected chi connectivity index (χ2v) is 16.1. The molecule has 3 N–H and O–H groups in total. The maximum Gasteiger partial charge on any atom is 0.307 e. The van der Waals surface area contributed by atoms with Gasteiger partial charge in [-0.2, -0.15) is 0 Å². The molecule has 1 aromatic heterocycles. The lowest BCUT2D eigenvalue weighted by atomic mass is 9.86. The van der Waals surface area contributed by atoms with Crippen molar-refractivity contribution in [2.24, 2.45) is 5.92 Å². The molecule has 1 heterocycles. The number of hydrogen-bond donors (Lipinski definition) is 3. The average Bonchev–Trinajstić information content (AvgIpc) is 3.53. The Morgan fingerprint density at radius 3 is 2.00 bits per heavy atom. The second kappa shape index (κ2) is 17.6. The Kier molecular flexibility index (Phi) is 12.9. The fourth-order valence-electron chi connectivity index (χ4n) is 6.61. The Labute approximate surface area is 314 Å². The lowest BCUT2D eigenvalue weighted by Crippen LogP contribution is -2.50. The molecule has 0 radical (unpaired) electrons. The van der Waals surface area contributed by atoms with Crippen molar-refractivity contribution in [3.05, 3.63) is 132 Å². The van der Waals surface area contributed by atoms with Crippen molar-refractivity contribution < 1.29 is 19.1 Å². The molecule has 0 bridgehead atoms. The number of benzene rings is 4. The normalized spacial score (nSPS) is 12.9. The molecular weight excluding hydrogens is 659 g/mol. The Bertz CT molecular complexity index is 1950. The topological polar surface area (TPSA) is 100 Å². The number of aryl methyl sites for hydroxylation is 1. The first-order valence-corrected chi connectivity index (χ1v) is 18.8.